The fraction of sp³-hybridized carbons (Fsp3) is 0.333. The number of aromatic nitrogens is 4. The minimum atomic E-state index is 0.629. The number of likely N-dealkylation sites (tertiary alicyclic amines) is 1. The Hall–Kier alpha value is -2.64. The van der Waals surface area contributed by atoms with Crippen molar-refractivity contribution in [2.75, 3.05) is 13.1 Å². The average Bonchev–Trinajstić information content (AvgIpc) is 3.30. The Morgan fingerprint density at radius 2 is 1.82 bits per heavy atom. The zero-order valence-electron chi connectivity index (χ0n) is 16.0. The maximum absolute atomic E-state index is 6.27. The third-order valence-corrected chi connectivity index (χ3v) is 6.36. The van der Waals surface area contributed by atoms with Gasteiger partial charge in [0.25, 0.3) is 0 Å². The number of fused-ring (bicyclic) bond motifs is 2. The molecule has 1 aliphatic rings. The quantitative estimate of drug-likeness (QED) is 0.505. The highest BCUT2D eigenvalue weighted by molar-refractivity contribution is 7.18. The third-order valence-electron chi connectivity index (χ3n) is 5.26. The molecule has 0 spiro atoms. The zero-order valence-corrected chi connectivity index (χ0v) is 16.8. The molecule has 1 saturated heterocycles. The van der Waals surface area contributed by atoms with Gasteiger partial charge in [0.1, 0.15) is 16.4 Å². The summed E-state index contributed by atoms with van der Waals surface area (Å²) in [5, 5.41) is 1.01. The van der Waals surface area contributed by atoms with Crippen molar-refractivity contribution < 1.29 is 4.74 Å². The Bertz CT molecular complexity index is 1170. The normalized spacial score (nSPS) is 14.9. The molecule has 0 radical (unpaired) electrons. The fourth-order valence-electron chi connectivity index (χ4n) is 3.66. The molecule has 4 aromatic rings. The molecule has 7 heteroatoms. The van der Waals surface area contributed by atoms with E-state index in [1.807, 2.05) is 18.2 Å². The smallest absolute Gasteiger partial charge is 0.231 e. The van der Waals surface area contributed by atoms with Gasteiger partial charge in [-0.1, -0.05) is 0 Å². The predicted molar refractivity (Wildman–Crippen MR) is 111 cm³/mol. The van der Waals surface area contributed by atoms with Gasteiger partial charge in [-0.05, 0) is 57.5 Å². The van der Waals surface area contributed by atoms with Crippen LogP contribution in [0.4, 0.5) is 0 Å². The van der Waals surface area contributed by atoms with Crippen LogP contribution in [0.3, 0.4) is 0 Å². The summed E-state index contributed by atoms with van der Waals surface area (Å²) in [6.45, 7) is 7.23. The molecule has 142 valence electrons. The van der Waals surface area contributed by atoms with E-state index in [9.17, 15) is 0 Å². The van der Waals surface area contributed by atoms with Crippen molar-refractivity contribution in [2.45, 2.75) is 33.2 Å². The molecule has 1 fully saturated rings. The topological polar surface area (TPSA) is 64.0 Å². The molecule has 28 heavy (non-hydrogen) atoms. The van der Waals surface area contributed by atoms with Gasteiger partial charge in [-0.25, -0.2) is 4.98 Å². The van der Waals surface area contributed by atoms with Crippen LogP contribution < -0.4 is 4.74 Å². The molecule has 1 aliphatic heterocycles. The SMILES string of the molecule is Cc1sc2nc(CN3CCCC3)nc(Oc3ccc4nccnc4c3)c2c1C. The first kappa shape index (κ1) is 17.5. The average molecular weight is 392 g/mol. The van der Waals surface area contributed by atoms with Gasteiger partial charge in [0.2, 0.25) is 5.88 Å². The van der Waals surface area contributed by atoms with E-state index in [0.29, 0.717) is 11.6 Å². The number of thiophene rings is 1. The molecular formula is C21H21N5OS. The van der Waals surface area contributed by atoms with Crippen molar-refractivity contribution in [1.29, 1.82) is 0 Å². The molecule has 1 aromatic carbocycles. The molecule has 0 unspecified atom stereocenters. The summed E-state index contributed by atoms with van der Waals surface area (Å²) in [6.07, 6.45) is 5.89. The van der Waals surface area contributed by atoms with Crippen molar-refractivity contribution in [3.05, 3.63) is 46.9 Å². The summed E-state index contributed by atoms with van der Waals surface area (Å²) < 4.78 is 6.27. The van der Waals surface area contributed by atoms with Gasteiger partial charge in [0.05, 0.1) is 23.0 Å². The summed E-state index contributed by atoms with van der Waals surface area (Å²) in [4.78, 5) is 23.0. The largest absolute Gasteiger partial charge is 0.438 e. The molecular weight excluding hydrogens is 370 g/mol. The highest BCUT2D eigenvalue weighted by atomic mass is 32.1. The van der Waals surface area contributed by atoms with Gasteiger partial charge < -0.3 is 4.74 Å². The number of aryl methyl sites for hydroxylation is 2. The Morgan fingerprint density at radius 1 is 1.04 bits per heavy atom. The second-order valence-corrected chi connectivity index (χ2v) is 8.40. The lowest BCUT2D eigenvalue weighted by Gasteiger charge is -2.14. The maximum Gasteiger partial charge on any atom is 0.231 e. The van der Waals surface area contributed by atoms with Crippen LogP contribution in [0.25, 0.3) is 21.3 Å². The monoisotopic (exact) mass is 391 g/mol. The summed E-state index contributed by atoms with van der Waals surface area (Å²) >= 11 is 1.71. The van der Waals surface area contributed by atoms with Crippen LogP contribution in [0.2, 0.25) is 0 Å². The maximum atomic E-state index is 6.27. The van der Waals surface area contributed by atoms with Crippen molar-refractivity contribution in [2.24, 2.45) is 0 Å². The number of ether oxygens (including phenoxy) is 1. The Balaban J connectivity index is 1.56. The fourth-order valence-corrected chi connectivity index (χ4v) is 4.70. The van der Waals surface area contributed by atoms with Crippen molar-refractivity contribution >= 4 is 32.6 Å². The number of hydrogen-bond acceptors (Lipinski definition) is 7. The summed E-state index contributed by atoms with van der Waals surface area (Å²) in [5.74, 6) is 2.17. The van der Waals surface area contributed by atoms with Crippen LogP contribution >= 0.6 is 11.3 Å². The molecule has 0 amide bonds. The number of benzene rings is 1. The van der Waals surface area contributed by atoms with Gasteiger partial charge in [0, 0.05) is 23.3 Å². The van der Waals surface area contributed by atoms with Crippen LogP contribution in [0, 0.1) is 13.8 Å². The second kappa shape index (κ2) is 7.07. The standard InChI is InChI=1S/C21H21N5OS/c1-13-14(2)28-21-19(13)20(24-18(25-21)12-26-9-3-4-10-26)27-15-5-6-16-17(11-15)23-8-7-22-16/h5-8,11H,3-4,9-10,12H2,1-2H3. The first-order valence-corrected chi connectivity index (χ1v) is 10.4. The Labute approximate surface area is 167 Å². The molecule has 5 rings (SSSR count). The van der Waals surface area contributed by atoms with Gasteiger partial charge >= 0.3 is 0 Å². The van der Waals surface area contributed by atoms with Crippen molar-refractivity contribution in [3.8, 4) is 11.6 Å². The molecule has 0 N–H and O–H groups in total. The van der Waals surface area contributed by atoms with Gasteiger partial charge in [0.15, 0.2) is 0 Å². The number of nitrogens with zero attached hydrogens (tertiary/aromatic N) is 5. The second-order valence-electron chi connectivity index (χ2n) is 7.20. The summed E-state index contributed by atoms with van der Waals surface area (Å²) in [6, 6.07) is 5.75. The molecule has 4 heterocycles. The van der Waals surface area contributed by atoms with Crippen LogP contribution in [0.5, 0.6) is 11.6 Å². The molecule has 6 nitrogen and oxygen atoms in total. The van der Waals surface area contributed by atoms with E-state index in [0.717, 1.165) is 46.7 Å². The lowest BCUT2D eigenvalue weighted by atomic mass is 10.2. The zero-order chi connectivity index (χ0) is 19.1. The highest BCUT2D eigenvalue weighted by Crippen LogP contribution is 2.37. The molecule has 0 bridgehead atoms. The van der Waals surface area contributed by atoms with E-state index >= 15 is 0 Å². The molecule has 0 saturated carbocycles. The molecule has 0 atom stereocenters. The van der Waals surface area contributed by atoms with Crippen molar-refractivity contribution in [1.82, 2.24) is 24.8 Å². The van der Waals surface area contributed by atoms with Gasteiger partial charge in [-0.2, -0.15) is 4.98 Å². The first-order valence-electron chi connectivity index (χ1n) is 9.55. The predicted octanol–water partition coefficient (Wildman–Crippen LogP) is 4.64. The summed E-state index contributed by atoms with van der Waals surface area (Å²) in [7, 11) is 0. The number of hydrogen-bond donors (Lipinski definition) is 0. The van der Waals surface area contributed by atoms with Gasteiger partial charge in [-0.15, -0.1) is 11.3 Å². The van der Waals surface area contributed by atoms with E-state index < -0.39 is 0 Å². The Morgan fingerprint density at radius 3 is 2.64 bits per heavy atom. The summed E-state index contributed by atoms with van der Waals surface area (Å²) in [5.41, 5.74) is 2.84. The first-order chi connectivity index (χ1) is 13.7. The van der Waals surface area contributed by atoms with Crippen LogP contribution in [0.1, 0.15) is 29.1 Å². The molecule has 0 aliphatic carbocycles. The van der Waals surface area contributed by atoms with E-state index in [-0.39, 0.29) is 0 Å². The highest BCUT2D eigenvalue weighted by Gasteiger charge is 2.19. The van der Waals surface area contributed by atoms with E-state index in [1.54, 1.807) is 23.7 Å². The third kappa shape index (κ3) is 3.21. The van der Waals surface area contributed by atoms with Crippen molar-refractivity contribution in [3.63, 3.8) is 0 Å². The van der Waals surface area contributed by atoms with E-state index in [2.05, 4.69) is 28.7 Å². The number of rotatable bonds is 4. The minimum absolute atomic E-state index is 0.629. The lowest BCUT2D eigenvalue weighted by molar-refractivity contribution is 0.321. The van der Waals surface area contributed by atoms with Crippen LogP contribution in [0.15, 0.2) is 30.6 Å². The minimum Gasteiger partial charge on any atom is -0.438 e. The van der Waals surface area contributed by atoms with Crippen LogP contribution in [-0.4, -0.2) is 37.9 Å². The van der Waals surface area contributed by atoms with E-state index in [1.165, 1.54) is 23.3 Å². The Kier molecular flexibility index (Phi) is 4.41. The molecule has 3 aromatic heterocycles. The van der Waals surface area contributed by atoms with E-state index in [4.69, 9.17) is 14.7 Å². The lowest BCUT2D eigenvalue weighted by Crippen LogP contribution is -2.20. The van der Waals surface area contributed by atoms with Crippen LogP contribution in [-0.2, 0) is 6.54 Å². The van der Waals surface area contributed by atoms with Gasteiger partial charge in [-0.3, -0.25) is 14.9 Å².